The number of ketones is 1. The van der Waals surface area contributed by atoms with E-state index in [1.807, 2.05) is 24.3 Å². The van der Waals surface area contributed by atoms with Crippen LogP contribution in [0, 0.1) is 0 Å². The van der Waals surface area contributed by atoms with Gasteiger partial charge in [-0.05, 0) is 30.3 Å². The van der Waals surface area contributed by atoms with Crippen molar-refractivity contribution < 1.29 is 9.90 Å². The monoisotopic (exact) mass is 352 g/mol. The standard InChI is InChI=1S/C19H13ClN2O3/c1-22-14-5-3-2-4-10(14)8-15(22)18(24)16-17(23)12-7-6-11(20)9-13(12)21-19(16)25/h2-9H,1H3,(H2,21,23,25). The largest absolute Gasteiger partial charge is 0.506 e. The van der Waals surface area contributed by atoms with Crippen molar-refractivity contribution >= 4 is 39.2 Å². The number of hydrogen-bond donors (Lipinski definition) is 2. The quantitative estimate of drug-likeness (QED) is 0.541. The predicted octanol–water partition coefficient (Wildman–Crippen LogP) is 3.61. The molecule has 0 aliphatic rings. The van der Waals surface area contributed by atoms with Crippen LogP contribution in [-0.2, 0) is 7.05 Å². The zero-order valence-electron chi connectivity index (χ0n) is 13.2. The molecule has 2 N–H and O–H groups in total. The average molecular weight is 353 g/mol. The van der Waals surface area contributed by atoms with E-state index >= 15 is 0 Å². The van der Waals surface area contributed by atoms with Crippen LogP contribution < -0.4 is 5.56 Å². The molecule has 2 aromatic heterocycles. The Morgan fingerprint density at radius 2 is 1.92 bits per heavy atom. The molecule has 0 atom stereocenters. The maximum atomic E-state index is 13.0. The van der Waals surface area contributed by atoms with Crippen LogP contribution in [0.15, 0.2) is 53.3 Å². The third-order valence-electron chi connectivity index (χ3n) is 4.36. The molecule has 4 aromatic rings. The third-order valence-corrected chi connectivity index (χ3v) is 4.60. The molecule has 0 fully saturated rings. The molecule has 0 aliphatic heterocycles. The van der Waals surface area contributed by atoms with E-state index in [2.05, 4.69) is 4.98 Å². The molecular formula is C19H13ClN2O3. The molecule has 2 heterocycles. The van der Waals surface area contributed by atoms with Crippen LogP contribution >= 0.6 is 11.6 Å². The molecule has 6 heteroatoms. The van der Waals surface area contributed by atoms with E-state index in [9.17, 15) is 14.7 Å². The van der Waals surface area contributed by atoms with Gasteiger partial charge in [-0.3, -0.25) is 9.59 Å². The van der Waals surface area contributed by atoms with Crippen molar-refractivity contribution in [2.24, 2.45) is 7.05 Å². The molecule has 5 nitrogen and oxygen atoms in total. The summed E-state index contributed by atoms with van der Waals surface area (Å²) in [6.07, 6.45) is 0. The number of H-pyrrole nitrogens is 1. The fourth-order valence-corrected chi connectivity index (χ4v) is 3.27. The summed E-state index contributed by atoms with van der Waals surface area (Å²) in [6.45, 7) is 0. The van der Waals surface area contributed by atoms with Crippen LogP contribution in [0.25, 0.3) is 21.8 Å². The first-order valence-corrected chi connectivity index (χ1v) is 7.99. The highest BCUT2D eigenvalue weighted by Gasteiger charge is 2.23. The van der Waals surface area contributed by atoms with E-state index in [4.69, 9.17) is 11.6 Å². The lowest BCUT2D eigenvalue weighted by molar-refractivity contribution is 0.102. The highest BCUT2D eigenvalue weighted by molar-refractivity contribution is 6.31. The van der Waals surface area contributed by atoms with Gasteiger partial charge in [-0.15, -0.1) is 0 Å². The number of aromatic amines is 1. The summed E-state index contributed by atoms with van der Waals surface area (Å²) in [5.74, 6) is -0.875. The lowest BCUT2D eigenvalue weighted by atomic mass is 10.1. The fourth-order valence-electron chi connectivity index (χ4n) is 3.10. The number of carbonyl (C=O) groups excluding carboxylic acids is 1. The van der Waals surface area contributed by atoms with E-state index in [-0.39, 0.29) is 11.3 Å². The summed E-state index contributed by atoms with van der Waals surface area (Å²) in [6, 6.07) is 13.9. The lowest BCUT2D eigenvalue weighted by Gasteiger charge is -2.08. The van der Waals surface area contributed by atoms with Gasteiger partial charge < -0.3 is 14.7 Å². The maximum Gasteiger partial charge on any atom is 0.263 e. The zero-order chi connectivity index (χ0) is 17.7. The van der Waals surface area contributed by atoms with Crippen LogP contribution in [0.2, 0.25) is 5.02 Å². The second kappa shape index (κ2) is 5.50. The Labute approximate surface area is 147 Å². The molecule has 0 saturated carbocycles. The Hall–Kier alpha value is -3.05. The van der Waals surface area contributed by atoms with E-state index in [0.29, 0.717) is 21.6 Å². The minimum atomic E-state index is -0.650. The Balaban J connectivity index is 1.97. The van der Waals surface area contributed by atoms with Gasteiger partial charge in [-0.2, -0.15) is 0 Å². The Morgan fingerprint density at radius 3 is 2.68 bits per heavy atom. The van der Waals surface area contributed by atoms with Crippen LogP contribution in [0.5, 0.6) is 5.75 Å². The topological polar surface area (TPSA) is 75.1 Å². The van der Waals surface area contributed by atoms with Crippen LogP contribution in [0.3, 0.4) is 0 Å². The van der Waals surface area contributed by atoms with Gasteiger partial charge in [-0.1, -0.05) is 29.8 Å². The third kappa shape index (κ3) is 2.32. The maximum absolute atomic E-state index is 13.0. The van der Waals surface area contributed by atoms with Gasteiger partial charge in [0.05, 0.1) is 11.2 Å². The summed E-state index contributed by atoms with van der Waals surface area (Å²) >= 11 is 5.91. The van der Waals surface area contributed by atoms with Gasteiger partial charge in [0.1, 0.15) is 11.3 Å². The van der Waals surface area contributed by atoms with Crippen molar-refractivity contribution in [1.29, 1.82) is 0 Å². The summed E-state index contributed by atoms with van der Waals surface area (Å²) < 4.78 is 1.71. The number of benzene rings is 2. The number of pyridine rings is 1. The number of aryl methyl sites for hydroxylation is 1. The van der Waals surface area contributed by atoms with Crippen molar-refractivity contribution in [2.45, 2.75) is 0 Å². The number of hydrogen-bond acceptors (Lipinski definition) is 3. The van der Waals surface area contributed by atoms with Gasteiger partial charge in [0.2, 0.25) is 5.78 Å². The molecule has 124 valence electrons. The minimum Gasteiger partial charge on any atom is -0.506 e. The number of fused-ring (bicyclic) bond motifs is 2. The van der Waals surface area contributed by atoms with Crippen molar-refractivity contribution in [1.82, 2.24) is 9.55 Å². The van der Waals surface area contributed by atoms with E-state index in [1.165, 1.54) is 6.07 Å². The average Bonchev–Trinajstić information content (AvgIpc) is 2.91. The molecule has 0 aliphatic carbocycles. The van der Waals surface area contributed by atoms with Crippen molar-refractivity contribution in [3.63, 3.8) is 0 Å². The minimum absolute atomic E-state index is 0.277. The fraction of sp³-hybridized carbons (Fsp3) is 0.0526. The van der Waals surface area contributed by atoms with Gasteiger partial charge in [0.15, 0.2) is 0 Å². The summed E-state index contributed by atoms with van der Waals surface area (Å²) in [4.78, 5) is 28.0. The van der Waals surface area contributed by atoms with Crippen LogP contribution in [0.4, 0.5) is 0 Å². The molecule has 0 unspecified atom stereocenters. The van der Waals surface area contributed by atoms with Crippen molar-refractivity contribution in [3.8, 4) is 5.75 Å². The SMILES string of the molecule is Cn1c(C(=O)c2c(O)c3ccc(Cl)cc3[nH]c2=O)cc2ccccc21. The van der Waals surface area contributed by atoms with Crippen molar-refractivity contribution in [3.05, 3.63) is 75.2 Å². The van der Waals surface area contributed by atoms with E-state index in [0.717, 1.165) is 10.9 Å². The number of aromatic hydroxyl groups is 1. The van der Waals surface area contributed by atoms with Gasteiger partial charge >= 0.3 is 0 Å². The molecule has 4 rings (SSSR count). The molecule has 0 radical (unpaired) electrons. The second-order valence-corrected chi connectivity index (χ2v) is 6.28. The second-order valence-electron chi connectivity index (χ2n) is 5.84. The number of nitrogens with zero attached hydrogens (tertiary/aromatic N) is 1. The number of para-hydroxylation sites is 1. The van der Waals surface area contributed by atoms with Crippen molar-refractivity contribution in [2.75, 3.05) is 0 Å². The normalized spacial score (nSPS) is 11.3. The molecule has 2 aromatic carbocycles. The smallest absolute Gasteiger partial charge is 0.263 e. The van der Waals surface area contributed by atoms with E-state index < -0.39 is 11.3 Å². The molecule has 0 saturated heterocycles. The number of rotatable bonds is 2. The number of nitrogens with one attached hydrogen (secondary N) is 1. The predicted molar refractivity (Wildman–Crippen MR) is 97.6 cm³/mol. The molecule has 0 spiro atoms. The van der Waals surface area contributed by atoms with E-state index in [1.54, 1.807) is 29.8 Å². The first-order chi connectivity index (χ1) is 12.0. The Kier molecular flexibility index (Phi) is 3.40. The number of aromatic nitrogens is 2. The number of carbonyl (C=O) groups is 1. The summed E-state index contributed by atoms with van der Waals surface area (Å²) in [5, 5.41) is 12.2. The van der Waals surface area contributed by atoms with Gasteiger partial charge in [0.25, 0.3) is 5.56 Å². The highest BCUT2D eigenvalue weighted by Crippen LogP contribution is 2.29. The zero-order valence-corrected chi connectivity index (χ0v) is 14.0. The Morgan fingerprint density at radius 1 is 1.16 bits per heavy atom. The highest BCUT2D eigenvalue weighted by atomic mass is 35.5. The first-order valence-electron chi connectivity index (χ1n) is 7.61. The van der Waals surface area contributed by atoms with Gasteiger partial charge in [0, 0.05) is 28.4 Å². The molecular weight excluding hydrogens is 340 g/mol. The molecule has 25 heavy (non-hydrogen) atoms. The summed E-state index contributed by atoms with van der Waals surface area (Å²) in [7, 11) is 1.75. The Bertz CT molecular complexity index is 1220. The summed E-state index contributed by atoms with van der Waals surface area (Å²) in [5.41, 5.74) is 0.650. The van der Waals surface area contributed by atoms with Gasteiger partial charge in [-0.25, -0.2) is 0 Å². The van der Waals surface area contributed by atoms with Crippen LogP contribution in [-0.4, -0.2) is 20.4 Å². The molecule has 0 bridgehead atoms. The lowest BCUT2D eigenvalue weighted by Crippen LogP contribution is -2.20. The number of halogens is 1. The van der Waals surface area contributed by atoms with Crippen LogP contribution in [0.1, 0.15) is 16.1 Å². The first kappa shape index (κ1) is 15.5. The molecule has 0 amide bonds.